The minimum Gasteiger partial charge on any atom is -0.310 e. The first-order chi connectivity index (χ1) is 30.5. The van der Waals surface area contributed by atoms with Gasteiger partial charge in [-0.05, 0) is 119 Å². The molecule has 294 valence electrons. The highest BCUT2D eigenvalue weighted by atomic mass is 15.1. The predicted molar refractivity (Wildman–Crippen MR) is 263 cm³/mol. The lowest BCUT2D eigenvalue weighted by atomic mass is 9.81. The van der Waals surface area contributed by atoms with Crippen LogP contribution in [0.15, 0.2) is 237 Å². The van der Waals surface area contributed by atoms with Crippen molar-refractivity contribution in [3.8, 4) is 66.8 Å². The highest BCUT2D eigenvalue weighted by Gasteiger charge is 2.36. The van der Waals surface area contributed by atoms with E-state index in [1.54, 1.807) is 0 Å². The quantitative estimate of drug-likeness (QED) is 0.148. The summed E-state index contributed by atoms with van der Waals surface area (Å²) in [6, 6.07) is 86.8. The van der Waals surface area contributed by atoms with E-state index in [1.165, 1.54) is 88.7 Å². The highest BCUT2D eigenvalue weighted by molar-refractivity contribution is 6.02. The molecule has 1 heteroatoms. The van der Waals surface area contributed by atoms with Crippen LogP contribution in [-0.4, -0.2) is 0 Å². The first-order valence-corrected chi connectivity index (χ1v) is 21.6. The summed E-state index contributed by atoms with van der Waals surface area (Å²) in [5, 5.41) is 2.48. The number of hydrogen-bond acceptors (Lipinski definition) is 1. The van der Waals surface area contributed by atoms with Gasteiger partial charge >= 0.3 is 0 Å². The molecule has 11 rings (SSSR count). The third-order valence-electron chi connectivity index (χ3n) is 12.9. The van der Waals surface area contributed by atoms with Crippen LogP contribution in [0.5, 0.6) is 0 Å². The molecule has 0 bridgehead atoms. The summed E-state index contributed by atoms with van der Waals surface area (Å²) in [6.07, 6.45) is 0. The van der Waals surface area contributed by atoms with Crippen molar-refractivity contribution in [2.45, 2.75) is 19.3 Å². The first-order valence-electron chi connectivity index (χ1n) is 21.6. The zero-order valence-corrected chi connectivity index (χ0v) is 35.0. The van der Waals surface area contributed by atoms with Crippen molar-refractivity contribution in [2.24, 2.45) is 0 Å². The van der Waals surface area contributed by atoms with E-state index in [9.17, 15) is 0 Å². The monoisotopic (exact) mass is 791 g/mol. The van der Waals surface area contributed by atoms with Crippen molar-refractivity contribution in [2.75, 3.05) is 4.90 Å². The maximum Gasteiger partial charge on any atom is 0.0546 e. The lowest BCUT2D eigenvalue weighted by Gasteiger charge is -2.31. The molecule has 0 saturated heterocycles. The Hall–Kier alpha value is -7.74. The maximum absolute atomic E-state index is 2.51. The molecule has 0 aromatic heterocycles. The second-order valence-electron chi connectivity index (χ2n) is 16.9. The first kappa shape index (κ1) is 37.3. The maximum atomic E-state index is 2.51. The molecule has 0 radical (unpaired) electrons. The SMILES string of the molecule is CC1(C)c2cc(-c3ccccc3)ccc2-c2ccc(N(c3cccc(-c4cccc5ccccc45)c3)c3cccc(-c4ccccc4)c3-c3ccccc3-c3ccccc3)cc21. The minimum absolute atomic E-state index is 0.226. The van der Waals surface area contributed by atoms with Gasteiger partial charge in [0.1, 0.15) is 0 Å². The number of rotatable bonds is 8. The molecular weight excluding hydrogens is 747 g/mol. The second kappa shape index (κ2) is 15.4. The standard InChI is InChI=1S/C61H45N/c1-61(2)57-40-46(42-19-6-3-7-20-42)35-37-54(57)55-38-36-49(41-58(55)61)62(48-28-16-27-47(39-48)52-32-17-26-44-25-12-13-29-50(44)52)59-34-18-33-53(45-23-10-5-11-24-45)60(59)56-31-15-14-30-51(56)43-21-8-4-9-22-43/h3-41H,1-2H3. The molecule has 1 nitrogen and oxygen atoms in total. The predicted octanol–water partition coefficient (Wildman–Crippen LogP) is 17.0. The minimum atomic E-state index is -0.226. The molecule has 0 heterocycles. The Bertz CT molecular complexity index is 3250. The van der Waals surface area contributed by atoms with Crippen LogP contribution in [0.1, 0.15) is 25.0 Å². The largest absolute Gasteiger partial charge is 0.310 e. The van der Waals surface area contributed by atoms with Crippen molar-refractivity contribution < 1.29 is 0 Å². The van der Waals surface area contributed by atoms with Crippen molar-refractivity contribution in [1.82, 2.24) is 0 Å². The average molecular weight is 792 g/mol. The second-order valence-corrected chi connectivity index (χ2v) is 16.9. The van der Waals surface area contributed by atoms with Crippen LogP contribution in [-0.2, 0) is 5.41 Å². The van der Waals surface area contributed by atoms with Crippen LogP contribution in [0.4, 0.5) is 17.1 Å². The number of anilines is 3. The van der Waals surface area contributed by atoms with Gasteiger partial charge in [-0.15, -0.1) is 0 Å². The van der Waals surface area contributed by atoms with Crippen LogP contribution in [0.2, 0.25) is 0 Å². The van der Waals surface area contributed by atoms with E-state index < -0.39 is 0 Å². The summed E-state index contributed by atoms with van der Waals surface area (Å²) < 4.78 is 0. The van der Waals surface area contributed by atoms with E-state index in [2.05, 4.69) is 255 Å². The van der Waals surface area contributed by atoms with Gasteiger partial charge in [-0.1, -0.05) is 214 Å². The average Bonchev–Trinajstić information content (AvgIpc) is 3.56. The number of fused-ring (bicyclic) bond motifs is 4. The lowest BCUT2D eigenvalue weighted by molar-refractivity contribution is 0.660. The smallest absolute Gasteiger partial charge is 0.0546 e. The molecule has 0 saturated carbocycles. The molecule has 0 spiro atoms. The fourth-order valence-electron chi connectivity index (χ4n) is 9.83. The van der Waals surface area contributed by atoms with Crippen molar-refractivity contribution in [1.29, 1.82) is 0 Å². The molecule has 1 aliphatic rings. The molecule has 1 aliphatic carbocycles. The summed E-state index contributed by atoms with van der Waals surface area (Å²) in [5.74, 6) is 0. The molecular formula is C61H45N. The van der Waals surface area contributed by atoms with Crippen molar-refractivity contribution in [3.63, 3.8) is 0 Å². The zero-order chi connectivity index (χ0) is 41.6. The normalized spacial score (nSPS) is 12.5. The van der Waals surface area contributed by atoms with E-state index in [4.69, 9.17) is 0 Å². The molecule has 0 N–H and O–H groups in total. The molecule has 0 aliphatic heterocycles. The third kappa shape index (κ3) is 6.42. The number of nitrogens with zero attached hydrogens (tertiary/aromatic N) is 1. The van der Waals surface area contributed by atoms with E-state index in [-0.39, 0.29) is 5.41 Å². The van der Waals surface area contributed by atoms with Crippen molar-refractivity contribution in [3.05, 3.63) is 248 Å². The van der Waals surface area contributed by atoms with Gasteiger partial charge in [0.2, 0.25) is 0 Å². The summed E-state index contributed by atoms with van der Waals surface area (Å²) in [5.41, 5.74) is 20.4. The Morgan fingerprint density at radius 3 is 1.58 bits per heavy atom. The highest BCUT2D eigenvalue weighted by Crippen LogP contribution is 2.53. The lowest BCUT2D eigenvalue weighted by Crippen LogP contribution is -2.17. The topological polar surface area (TPSA) is 3.24 Å². The molecule has 0 unspecified atom stereocenters. The van der Waals surface area contributed by atoms with Gasteiger partial charge in [-0.3, -0.25) is 0 Å². The van der Waals surface area contributed by atoms with E-state index in [0.29, 0.717) is 0 Å². The van der Waals surface area contributed by atoms with Crippen LogP contribution >= 0.6 is 0 Å². The molecule has 0 fully saturated rings. The molecule has 10 aromatic rings. The van der Waals surface area contributed by atoms with Gasteiger partial charge in [0.25, 0.3) is 0 Å². The number of hydrogen-bond donors (Lipinski definition) is 0. The van der Waals surface area contributed by atoms with Gasteiger partial charge in [-0.2, -0.15) is 0 Å². The van der Waals surface area contributed by atoms with Gasteiger partial charge in [0.05, 0.1) is 5.69 Å². The molecule has 0 amide bonds. The van der Waals surface area contributed by atoms with Gasteiger partial charge in [-0.25, -0.2) is 0 Å². The fraction of sp³-hybridized carbons (Fsp3) is 0.0492. The zero-order valence-electron chi connectivity index (χ0n) is 35.0. The van der Waals surface area contributed by atoms with Crippen LogP contribution in [0.25, 0.3) is 77.5 Å². The van der Waals surface area contributed by atoms with E-state index in [0.717, 1.165) is 17.1 Å². The fourth-order valence-corrected chi connectivity index (χ4v) is 9.83. The van der Waals surface area contributed by atoms with Crippen LogP contribution in [0.3, 0.4) is 0 Å². The summed E-state index contributed by atoms with van der Waals surface area (Å²) in [6.45, 7) is 4.78. The van der Waals surface area contributed by atoms with Gasteiger partial charge in [0.15, 0.2) is 0 Å². The van der Waals surface area contributed by atoms with Gasteiger partial charge < -0.3 is 4.90 Å². The molecule has 62 heavy (non-hydrogen) atoms. The van der Waals surface area contributed by atoms with Crippen LogP contribution in [0, 0.1) is 0 Å². The summed E-state index contributed by atoms with van der Waals surface area (Å²) in [4.78, 5) is 2.51. The Morgan fingerprint density at radius 2 is 0.823 bits per heavy atom. The molecule has 10 aromatic carbocycles. The summed E-state index contributed by atoms with van der Waals surface area (Å²) in [7, 11) is 0. The Labute approximate surface area is 364 Å². The number of benzene rings is 10. The Kier molecular flexibility index (Phi) is 9.24. The summed E-state index contributed by atoms with van der Waals surface area (Å²) >= 11 is 0. The van der Waals surface area contributed by atoms with Crippen molar-refractivity contribution >= 4 is 27.8 Å². The van der Waals surface area contributed by atoms with E-state index in [1.807, 2.05) is 0 Å². The Morgan fingerprint density at radius 1 is 0.306 bits per heavy atom. The van der Waals surface area contributed by atoms with E-state index >= 15 is 0 Å². The van der Waals surface area contributed by atoms with Crippen LogP contribution < -0.4 is 4.90 Å². The molecule has 0 atom stereocenters. The third-order valence-corrected chi connectivity index (χ3v) is 12.9. The Balaban J connectivity index is 1.17. The van der Waals surface area contributed by atoms with Gasteiger partial charge in [0, 0.05) is 22.4 Å².